The molecule has 2 aliphatic rings. The van der Waals surface area contributed by atoms with Crippen molar-refractivity contribution in [3.63, 3.8) is 0 Å². The summed E-state index contributed by atoms with van der Waals surface area (Å²) in [6.07, 6.45) is 2.89. The van der Waals surface area contributed by atoms with Gasteiger partial charge >= 0.3 is 0 Å². The third-order valence-corrected chi connectivity index (χ3v) is 7.23. The molecule has 25 heavy (non-hydrogen) atoms. The van der Waals surface area contributed by atoms with E-state index >= 15 is 0 Å². The summed E-state index contributed by atoms with van der Waals surface area (Å²) in [7, 11) is -3.48. The normalized spacial score (nSPS) is 26.9. The molecule has 1 aromatic carbocycles. The lowest BCUT2D eigenvalue weighted by molar-refractivity contribution is 0.332. The Morgan fingerprint density at radius 1 is 1.36 bits per heavy atom. The van der Waals surface area contributed by atoms with Crippen molar-refractivity contribution >= 4 is 10.0 Å². The Morgan fingerprint density at radius 3 is 2.80 bits per heavy atom. The van der Waals surface area contributed by atoms with E-state index in [0.717, 1.165) is 19.3 Å². The second kappa shape index (κ2) is 5.88. The van der Waals surface area contributed by atoms with Crippen molar-refractivity contribution in [1.82, 2.24) is 14.4 Å². The van der Waals surface area contributed by atoms with Gasteiger partial charge in [0.2, 0.25) is 15.9 Å². The van der Waals surface area contributed by atoms with Crippen LogP contribution in [0.3, 0.4) is 0 Å². The predicted molar refractivity (Wildman–Crippen MR) is 88.7 cm³/mol. The molecule has 2 atom stereocenters. The van der Waals surface area contributed by atoms with Gasteiger partial charge in [0.1, 0.15) is 5.82 Å². The highest BCUT2D eigenvalue weighted by molar-refractivity contribution is 7.88. The maximum Gasteiger partial charge on any atom is 0.223 e. The number of rotatable bonds is 4. The minimum atomic E-state index is -3.48. The summed E-state index contributed by atoms with van der Waals surface area (Å²) in [6, 6.07) is 5.60. The van der Waals surface area contributed by atoms with Crippen LogP contribution in [-0.4, -0.2) is 36.0 Å². The molecular weight excluding hydrogens is 345 g/mol. The first-order valence-electron chi connectivity index (χ1n) is 8.42. The summed E-state index contributed by atoms with van der Waals surface area (Å²) in [4.78, 5) is 4.40. The van der Waals surface area contributed by atoms with Gasteiger partial charge in [0, 0.05) is 20.0 Å². The second-order valence-corrected chi connectivity index (χ2v) is 9.03. The molecule has 0 N–H and O–H groups in total. The van der Waals surface area contributed by atoms with E-state index in [2.05, 4.69) is 10.1 Å². The Kier molecular flexibility index (Phi) is 3.92. The largest absolute Gasteiger partial charge is 0.340 e. The zero-order chi connectivity index (χ0) is 17.7. The van der Waals surface area contributed by atoms with Gasteiger partial charge in [-0.3, -0.25) is 0 Å². The highest BCUT2D eigenvalue weighted by Crippen LogP contribution is 2.50. The zero-order valence-electron chi connectivity index (χ0n) is 14.0. The first kappa shape index (κ1) is 16.7. The predicted octanol–water partition coefficient (Wildman–Crippen LogP) is 2.40. The lowest BCUT2D eigenvalue weighted by Gasteiger charge is -2.24. The van der Waals surface area contributed by atoms with Gasteiger partial charge in [-0.05, 0) is 36.5 Å². The molecule has 1 aromatic heterocycles. The number of fused-ring (bicyclic) bond motifs is 1. The Morgan fingerprint density at radius 2 is 2.12 bits per heavy atom. The zero-order valence-corrected chi connectivity index (χ0v) is 14.8. The fourth-order valence-electron chi connectivity index (χ4n) is 4.20. The molecule has 0 amide bonds. The summed E-state index contributed by atoms with van der Waals surface area (Å²) >= 11 is 0. The molecule has 0 radical (unpaired) electrons. The van der Waals surface area contributed by atoms with Gasteiger partial charge in [-0.1, -0.05) is 23.7 Å². The van der Waals surface area contributed by atoms with Gasteiger partial charge in [0.15, 0.2) is 5.82 Å². The van der Waals surface area contributed by atoms with E-state index in [0.29, 0.717) is 30.4 Å². The molecule has 0 spiro atoms. The summed E-state index contributed by atoms with van der Waals surface area (Å²) in [5.74, 6) is 0.854. The number of aromatic nitrogens is 2. The first-order valence-corrected chi connectivity index (χ1v) is 10.0. The second-order valence-electron chi connectivity index (χ2n) is 7.06. The summed E-state index contributed by atoms with van der Waals surface area (Å²) in [5.41, 5.74) is 0.246. The van der Waals surface area contributed by atoms with E-state index in [1.807, 2.05) is 0 Å². The highest BCUT2D eigenvalue weighted by Gasteiger charge is 2.55. The van der Waals surface area contributed by atoms with Crippen LogP contribution in [0.1, 0.15) is 36.5 Å². The maximum atomic E-state index is 13.0. The van der Waals surface area contributed by atoms with Crippen LogP contribution in [0.5, 0.6) is 0 Å². The van der Waals surface area contributed by atoms with Crippen LogP contribution < -0.4 is 0 Å². The molecule has 2 fully saturated rings. The molecule has 2 aromatic rings. The maximum absolute atomic E-state index is 13.0. The van der Waals surface area contributed by atoms with Gasteiger partial charge in [0.25, 0.3) is 0 Å². The summed E-state index contributed by atoms with van der Waals surface area (Å²) < 4.78 is 45.5. The standard InChI is InChI=1S/C17H20FN3O3S/c1-12-19-16(20-24-12)17-8-2-3-14(17)9-21(11-17)25(22,23)10-13-4-6-15(18)7-5-13/h4-7,14H,2-3,8-11H2,1H3/t14-,17-/m1/s1. The molecule has 1 saturated heterocycles. The van der Waals surface area contributed by atoms with Crippen molar-refractivity contribution in [1.29, 1.82) is 0 Å². The average Bonchev–Trinajstić information content (AvgIpc) is 3.22. The van der Waals surface area contributed by atoms with Crippen LogP contribution in [0.15, 0.2) is 28.8 Å². The van der Waals surface area contributed by atoms with Crippen molar-refractivity contribution in [2.75, 3.05) is 13.1 Å². The monoisotopic (exact) mass is 365 g/mol. The minimum absolute atomic E-state index is 0.124. The Labute approximate surface area is 146 Å². The summed E-state index contributed by atoms with van der Waals surface area (Å²) in [6.45, 7) is 2.62. The SMILES string of the molecule is Cc1nc([C@@]23CCC[C@@H]2CN(S(=O)(=O)Cc2ccc(F)cc2)C3)no1. The number of benzene rings is 1. The fourth-order valence-corrected chi connectivity index (χ4v) is 5.83. The van der Waals surface area contributed by atoms with Gasteiger partial charge in [-0.2, -0.15) is 4.98 Å². The molecule has 4 rings (SSSR count). The van der Waals surface area contributed by atoms with E-state index in [9.17, 15) is 12.8 Å². The smallest absolute Gasteiger partial charge is 0.223 e. The third-order valence-electron chi connectivity index (χ3n) is 5.47. The number of halogens is 1. The lowest BCUT2D eigenvalue weighted by Crippen LogP contribution is -2.36. The van der Waals surface area contributed by atoms with Gasteiger partial charge in [-0.25, -0.2) is 17.1 Å². The Balaban J connectivity index is 1.59. The minimum Gasteiger partial charge on any atom is -0.340 e. The van der Waals surface area contributed by atoms with E-state index in [1.54, 1.807) is 11.2 Å². The Hall–Kier alpha value is -1.80. The molecule has 1 aliphatic carbocycles. The number of sulfonamides is 1. The Bertz CT molecular complexity index is 881. The van der Waals surface area contributed by atoms with E-state index < -0.39 is 10.0 Å². The number of aryl methyl sites for hydroxylation is 1. The fraction of sp³-hybridized carbons (Fsp3) is 0.529. The van der Waals surface area contributed by atoms with Crippen molar-refractivity contribution in [3.8, 4) is 0 Å². The lowest BCUT2D eigenvalue weighted by atomic mass is 9.80. The number of hydrogen-bond donors (Lipinski definition) is 0. The molecule has 2 heterocycles. The van der Waals surface area contributed by atoms with Crippen molar-refractivity contribution in [2.45, 2.75) is 37.4 Å². The van der Waals surface area contributed by atoms with Crippen molar-refractivity contribution in [3.05, 3.63) is 47.4 Å². The molecule has 8 heteroatoms. The van der Waals surface area contributed by atoms with E-state index in [4.69, 9.17) is 4.52 Å². The molecular formula is C17H20FN3O3S. The average molecular weight is 365 g/mol. The van der Waals surface area contributed by atoms with E-state index in [1.165, 1.54) is 24.3 Å². The van der Waals surface area contributed by atoms with Crippen molar-refractivity contribution < 1.29 is 17.3 Å². The topological polar surface area (TPSA) is 76.3 Å². The molecule has 0 bridgehead atoms. The molecule has 134 valence electrons. The number of hydrogen-bond acceptors (Lipinski definition) is 5. The summed E-state index contributed by atoms with van der Waals surface area (Å²) in [5, 5.41) is 4.09. The number of nitrogens with zero attached hydrogens (tertiary/aromatic N) is 3. The van der Waals surface area contributed by atoms with Crippen LogP contribution in [0.4, 0.5) is 4.39 Å². The van der Waals surface area contributed by atoms with Gasteiger partial charge in [0.05, 0.1) is 11.2 Å². The van der Waals surface area contributed by atoms with Gasteiger partial charge in [-0.15, -0.1) is 0 Å². The van der Waals surface area contributed by atoms with Crippen molar-refractivity contribution in [2.24, 2.45) is 5.92 Å². The van der Waals surface area contributed by atoms with E-state index in [-0.39, 0.29) is 22.9 Å². The first-order chi connectivity index (χ1) is 11.9. The molecule has 1 saturated carbocycles. The van der Waals surface area contributed by atoms with Crippen LogP contribution in [0, 0.1) is 18.7 Å². The molecule has 6 nitrogen and oxygen atoms in total. The molecule has 0 unspecified atom stereocenters. The highest BCUT2D eigenvalue weighted by atomic mass is 32.2. The third kappa shape index (κ3) is 2.87. The van der Waals surface area contributed by atoms with Crippen LogP contribution in [0.2, 0.25) is 0 Å². The quantitative estimate of drug-likeness (QED) is 0.832. The van der Waals surface area contributed by atoms with Gasteiger partial charge < -0.3 is 4.52 Å². The van der Waals surface area contributed by atoms with Crippen LogP contribution >= 0.6 is 0 Å². The van der Waals surface area contributed by atoms with Crippen LogP contribution in [-0.2, 0) is 21.2 Å². The molecule has 1 aliphatic heterocycles. The van der Waals surface area contributed by atoms with Crippen LogP contribution in [0.25, 0.3) is 0 Å².